The largest absolute Gasteiger partial charge is 0.384 e. The number of nitrogens with one attached hydrogen (secondary N) is 1. The number of amides is 1. The Balaban J connectivity index is 1.48. The number of aromatic nitrogens is 2. The third kappa shape index (κ3) is 6.25. The Morgan fingerprint density at radius 2 is 1.74 bits per heavy atom. The number of benzene rings is 3. The minimum Gasteiger partial charge on any atom is -0.371 e. The van der Waals surface area contributed by atoms with Gasteiger partial charge in [0.1, 0.15) is 11.6 Å². The molecule has 10 heteroatoms. The quantitative estimate of drug-likeness (QED) is 0.284. The third-order valence-electron chi connectivity index (χ3n) is 7.66. The summed E-state index contributed by atoms with van der Waals surface area (Å²) in [6, 6.07) is 23.2. The number of aromatic amines is 1. The molecule has 0 spiro atoms. The third-order valence-corrected chi connectivity index (χ3v) is 8.96. The molecule has 1 amide bonds. The van der Waals surface area contributed by atoms with Crippen molar-refractivity contribution in [2.45, 2.75) is 32.9 Å². The summed E-state index contributed by atoms with van der Waals surface area (Å²) < 4.78 is 31.1. The van der Waals surface area contributed by atoms with Crippen LogP contribution < -0.4 is 4.18 Å². The molecule has 3 aromatic carbocycles. The highest BCUT2D eigenvalue weighted by molar-refractivity contribution is 7.84. The molecule has 1 aliphatic rings. The van der Waals surface area contributed by atoms with E-state index in [2.05, 4.69) is 14.9 Å². The maximum atomic E-state index is 13.0. The number of carbonyl (C=O) groups excluding carboxylic acids is 1. The second-order valence-corrected chi connectivity index (χ2v) is 12.3. The van der Waals surface area contributed by atoms with Gasteiger partial charge in [0.25, 0.3) is 5.91 Å². The van der Waals surface area contributed by atoms with Gasteiger partial charge in [-0.25, -0.2) is 4.98 Å². The number of carbonyl (C=O) groups is 1. The van der Waals surface area contributed by atoms with Gasteiger partial charge in [-0.1, -0.05) is 48.5 Å². The van der Waals surface area contributed by atoms with Gasteiger partial charge in [0, 0.05) is 63.3 Å². The van der Waals surface area contributed by atoms with E-state index < -0.39 is 10.3 Å². The predicted octanol–water partition coefficient (Wildman–Crippen LogP) is 4.89. The number of nitrogens with zero attached hydrogens (tertiary/aromatic N) is 4. The zero-order valence-electron chi connectivity index (χ0n) is 24.4. The van der Waals surface area contributed by atoms with E-state index in [9.17, 15) is 13.2 Å². The second-order valence-electron chi connectivity index (χ2n) is 10.5. The van der Waals surface area contributed by atoms with Crippen LogP contribution in [0.15, 0.2) is 79.0 Å². The van der Waals surface area contributed by atoms with Crippen LogP contribution in [0.25, 0.3) is 11.4 Å². The van der Waals surface area contributed by atoms with E-state index in [0.717, 1.165) is 51.0 Å². The van der Waals surface area contributed by atoms with Crippen LogP contribution in [0.3, 0.4) is 0 Å². The molecule has 9 nitrogen and oxygen atoms in total. The minimum atomic E-state index is -3.86. The Hall–Kier alpha value is -3.99. The monoisotopic (exact) mass is 587 g/mol. The maximum absolute atomic E-state index is 13.0. The van der Waals surface area contributed by atoms with E-state index in [1.165, 1.54) is 14.1 Å². The normalized spacial score (nSPS) is 15.4. The molecule has 0 saturated carbocycles. The Bertz CT molecular complexity index is 1630. The molecule has 0 bridgehead atoms. The Labute approximate surface area is 248 Å². The molecule has 1 aliphatic heterocycles. The molecule has 0 saturated heterocycles. The summed E-state index contributed by atoms with van der Waals surface area (Å²) in [7, 11) is -0.985. The average molecular weight is 588 g/mol. The number of hydrogen-bond donors (Lipinski definition) is 1. The van der Waals surface area contributed by atoms with Crippen molar-refractivity contribution in [2.75, 3.05) is 33.7 Å². The standard InChI is InChI=1S/C32H37N5O4S/c1-5-36(6-2)32(38)25-14-12-23(13-15-25)30-29-17-16-28(41-42(39,40)35(3)4)20-26(29)18-19-37(30)22-27-21-33-31(34-27)24-10-8-7-9-11-24/h7-17,20-21,30H,5-6,18-19,22H2,1-4H3,(H,33,34). The van der Waals surface area contributed by atoms with E-state index in [-0.39, 0.29) is 17.7 Å². The summed E-state index contributed by atoms with van der Waals surface area (Å²) >= 11 is 0. The molecule has 4 aromatic rings. The molecule has 0 aliphatic carbocycles. The van der Waals surface area contributed by atoms with E-state index >= 15 is 0 Å². The average Bonchev–Trinajstić information content (AvgIpc) is 3.46. The van der Waals surface area contributed by atoms with Crippen LogP contribution in [0.4, 0.5) is 0 Å². The van der Waals surface area contributed by atoms with Crippen molar-refractivity contribution in [3.8, 4) is 17.1 Å². The van der Waals surface area contributed by atoms with Crippen molar-refractivity contribution >= 4 is 16.2 Å². The van der Waals surface area contributed by atoms with Crippen LogP contribution >= 0.6 is 0 Å². The van der Waals surface area contributed by atoms with Crippen molar-refractivity contribution < 1.29 is 17.4 Å². The van der Waals surface area contributed by atoms with E-state index in [4.69, 9.17) is 4.18 Å². The molecule has 2 heterocycles. The highest BCUT2D eigenvalue weighted by Crippen LogP contribution is 2.38. The van der Waals surface area contributed by atoms with Gasteiger partial charge in [-0.3, -0.25) is 9.69 Å². The topological polar surface area (TPSA) is 98.8 Å². The Morgan fingerprint density at radius 1 is 1.02 bits per heavy atom. The molecule has 0 radical (unpaired) electrons. The molecule has 5 rings (SSSR count). The van der Waals surface area contributed by atoms with Crippen LogP contribution in [0, 0.1) is 0 Å². The van der Waals surface area contributed by atoms with Crippen LogP contribution in [0.5, 0.6) is 5.75 Å². The first-order valence-corrected chi connectivity index (χ1v) is 15.5. The van der Waals surface area contributed by atoms with Crippen LogP contribution in [-0.4, -0.2) is 72.1 Å². The van der Waals surface area contributed by atoms with E-state index in [1.54, 1.807) is 6.07 Å². The van der Waals surface area contributed by atoms with E-state index in [0.29, 0.717) is 25.2 Å². The lowest BCUT2D eigenvalue weighted by Crippen LogP contribution is -2.36. The summed E-state index contributed by atoms with van der Waals surface area (Å²) in [5.74, 6) is 1.13. The van der Waals surface area contributed by atoms with Crippen LogP contribution in [0.1, 0.15) is 52.6 Å². The lowest BCUT2D eigenvalue weighted by Gasteiger charge is -2.37. The fourth-order valence-electron chi connectivity index (χ4n) is 5.37. The number of fused-ring (bicyclic) bond motifs is 1. The Morgan fingerprint density at radius 3 is 2.40 bits per heavy atom. The summed E-state index contributed by atoms with van der Waals surface area (Å²) in [5.41, 5.74) is 5.82. The van der Waals surface area contributed by atoms with Crippen molar-refractivity contribution in [3.05, 3.63) is 107 Å². The molecule has 0 fully saturated rings. The molecule has 42 heavy (non-hydrogen) atoms. The van der Waals surface area contributed by atoms with E-state index in [1.807, 2.05) is 91.7 Å². The van der Waals surface area contributed by atoms with Crippen LogP contribution in [0.2, 0.25) is 0 Å². The first kappa shape index (κ1) is 29.5. The van der Waals surface area contributed by atoms with Crippen LogP contribution in [-0.2, 0) is 23.3 Å². The number of rotatable bonds is 10. The fourth-order valence-corrected chi connectivity index (χ4v) is 5.86. The van der Waals surface area contributed by atoms with Crippen molar-refractivity contribution in [2.24, 2.45) is 0 Å². The van der Waals surface area contributed by atoms with Crippen molar-refractivity contribution in [3.63, 3.8) is 0 Å². The summed E-state index contributed by atoms with van der Waals surface area (Å²) in [6.07, 6.45) is 2.60. The number of imidazole rings is 1. The van der Waals surface area contributed by atoms with Gasteiger partial charge in [-0.05, 0) is 61.2 Å². The molecular formula is C32H37N5O4S. The van der Waals surface area contributed by atoms with Crippen molar-refractivity contribution in [1.29, 1.82) is 0 Å². The molecule has 1 N–H and O–H groups in total. The SMILES string of the molecule is CCN(CC)C(=O)c1ccc(C2c3ccc(OS(=O)(=O)N(C)C)cc3CCN2Cc2cnc(-c3ccccc3)[nH]2)cc1. The van der Waals surface area contributed by atoms with Gasteiger partial charge in [-0.2, -0.15) is 12.7 Å². The lowest BCUT2D eigenvalue weighted by molar-refractivity contribution is 0.0773. The summed E-state index contributed by atoms with van der Waals surface area (Å²) in [6.45, 7) is 6.65. The molecule has 1 unspecified atom stereocenters. The van der Waals surface area contributed by atoms with Gasteiger partial charge < -0.3 is 14.1 Å². The van der Waals surface area contributed by atoms with Gasteiger partial charge in [0.2, 0.25) is 0 Å². The zero-order chi connectivity index (χ0) is 29.9. The fraction of sp³-hybridized carbons (Fsp3) is 0.312. The predicted molar refractivity (Wildman–Crippen MR) is 163 cm³/mol. The van der Waals surface area contributed by atoms with Gasteiger partial charge in [-0.15, -0.1) is 0 Å². The number of H-pyrrole nitrogens is 1. The highest BCUT2D eigenvalue weighted by atomic mass is 32.2. The number of hydrogen-bond acceptors (Lipinski definition) is 6. The lowest BCUT2D eigenvalue weighted by atomic mass is 9.87. The molecule has 1 aromatic heterocycles. The maximum Gasteiger partial charge on any atom is 0.384 e. The molecule has 220 valence electrons. The van der Waals surface area contributed by atoms with Gasteiger partial charge >= 0.3 is 10.3 Å². The highest BCUT2D eigenvalue weighted by Gasteiger charge is 2.30. The first-order valence-electron chi connectivity index (χ1n) is 14.2. The smallest absolute Gasteiger partial charge is 0.371 e. The summed E-state index contributed by atoms with van der Waals surface area (Å²) in [5, 5.41) is 0. The first-order chi connectivity index (χ1) is 20.2. The second kappa shape index (κ2) is 12.5. The Kier molecular flexibility index (Phi) is 8.77. The summed E-state index contributed by atoms with van der Waals surface area (Å²) in [4.78, 5) is 25.2. The van der Waals surface area contributed by atoms with Gasteiger partial charge in [0.05, 0.1) is 6.04 Å². The zero-order valence-corrected chi connectivity index (χ0v) is 25.3. The molecule has 1 atom stereocenters. The van der Waals surface area contributed by atoms with Gasteiger partial charge in [0.15, 0.2) is 0 Å². The molecular weight excluding hydrogens is 550 g/mol. The van der Waals surface area contributed by atoms with Crippen molar-refractivity contribution in [1.82, 2.24) is 24.1 Å². The minimum absolute atomic E-state index is 0.0160.